The average Bonchev–Trinajstić information content (AvgIpc) is 2.87. The van der Waals surface area contributed by atoms with E-state index in [9.17, 15) is 0 Å². The number of benzene rings is 1. The lowest BCUT2D eigenvalue weighted by Crippen LogP contribution is -2.35. The first kappa shape index (κ1) is 14.5. The van der Waals surface area contributed by atoms with Gasteiger partial charge in [0.15, 0.2) is 6.29 Å². The molecule has 1 fully saturated rings. The van der Waals surface area contributed by atoms with Crippen molar-refractivity contribution in [3.8, 4) is 0 Å². The zero-order valence-electron chi connectivity index (χ0n) is 12.2. The molecule has 106 valence electrons. The van der Waals surface area contributed by atoms with E-state index in [4.69, 9.17) is 9.47 Å². The molecule has 1 heterocycles. The van der Waals surface area contributed by atoms with Crippen LogP contribution >= 0.6 is 0 Å². The summed E-state index contributed by atoms with van der Waals surface area (Å²) in [6, 6.07) is 6.91. The second-order valence-corrected chi connectivity index (χ2v) is 5.24. The maximum atomic E-state index is 5.57. The van der Waals surface area contributed by atoms with Gasteiger partial charge in [0, 0.05) is 12.5 Å². The molecule has 19 heavy (non-hydrogen) atoms. The minimum Gasteiger partial charge on any atom is -0.350 e. The van der Waals surface area contributed by atoms with Gasteiger partial charge in [0.1, 0.15) is 0 Å². The molecular weight excluding hydrogens is 238 g/mol. The molecule has 0 saturated carbocycles. The Morgan fingerprint density at radius 2 is 1.84 bits per heavy atom. The van der Waals surface area contributed by atoms with Gasteiger partial charge in [-0.05, 0) is 43.5 Å². The van der Waals surface area contributed by atoms with Crippen LogP contribution in [0.5, 0.6) is 0 Å². The first-order chi connectivity index (χ1) is 9.20. The summed E-state index contributed by atoms with van der Waals surface area (Å²) in [6.45, 7) is 8.96. The molecule has 1 aromatic carbocycles. The highest BCUT2D eigenvalue weighted by molar-refractivity contribution is 5.34. The van der Waals surface area contributed by atoms with Gasteiger partial charge in [-0.2, -0.15) is 0 Å². The highest BCUT2D eigenvalue weighted by atomic mass is 16.7. The Kier molecular flexibility index (Phi) is 5.37. The minimum atomic E-state index is -0.0339. The molecule has 1 N–H and O–H groups in total. The summed E-state index contributed by atoms with van der Waals surface area (Å²) in [6.07, 6.45) is 1.92. The number of aryl methyl sites for hydroxylation is 2. The first-order valence-electron chi connectivity index (χ1n) is 7.22. The van der Waals surface area contributed by atoms with Gasteiger partial charge in [0.05, 0.1) is 13.2 Å². The summed E-state index contributed by atoms with van der Waals surface area (Å²) < 4.78 is 11.1. The molecule has 1 unspecified atom stereocenters. The summed E-state index contributed by atoms with van der Waals surface area (Å²) in [7, 11) is 0. The van der Waals surface area contributed by atoms with Crippen molar-refractivity contribution in [3.05, 3.63) is 34.9 Å². The Morgan fingerprint density at radius 3 is 2.42 bits per heavy atom. The standard InChI is InChI=1S/C16H25NO2/c1-4-17-14(11-16-18-8-9-19-16)10-15-12(2)6-5-7-13(15)3/h5-7,14,16-17H,4,8-11H2,1-3H3. The molecule has 0 radical (unpaired) electrons. The summed E-state index contributed by atoms with van der Waals surface area (Å²) >= 11 is 0. The number of rotatable bonds is 6. The highest BCUT2D eigenvalue weighted by Crippen LogP contribution is 2.19. The van der Waals surface area contributed by atoms with Crippen LogP contribution in [0.1, 0.15) is 30.0 Å². The van der Waals surface area contributed by atoms with E-state index in [-0.39, 0.29) is 6.29 Å². The molecule has 0 amide bonds. The van der Waals surface area contributed by atoms with E-state index >= 15 is 0 Å². The lowest BCUT2D eigenvalue weighted by molar-refractivity contribution is -0.0525. The highest BCUT2D eigenvalue weighted by Gasteiger charge is 2.22. The van der Waals surface area contributed by atoms with Crippen LogP contribution < -0.4 is 5.32 Å². The topological polar surface area (TPSA) is 30.5 Å². The van der Waals surface area contributed by atoms with E-state index in [0.29, 0.717) is 6.04 Å². The summed E-state index contributed by atoms with van der Waals surface area (Å²) in [4.78, 5) is 0. The van der Waals surface area contributed by atoms with Gasteiger partial charge in [-0.15, -0.1) is 0 Å². The van der Waals surface area contributed by atoms with Crippen LogP contribution in [0.4, 0.5) is 0 Å². The third kappa shape index (κ3) is 4.03. The van der Waals surface area contributed by atoms with Gasteiger partial charge in [-0.25, -0.2) is 0 Å². The van der Waals surface area contributed by atoms with Crippen LogP contribution in [0.15, 0.2) is 18.2 Å². The third-order valence-corrected chi connectivity index (χ3v) is 3.76. The number of hydrogen-bond donors (Lipinski definition) is 1. The Bertz CT molecular complexity index is 379. The first-order valence-corrected chi connectivity index (χ1v) is 7.22. The van der Waals surface area contributed by atoms with Gasteiger partial charge >= 0.3 is 0 Å². The molecule has 3 heteroatoms. The number of ether oxygens (including phenoxy) is 2. The van der Waals surface area contributed by atoms with Gasteiger partial charge in [-0.1, -0.05) is 25.1 Å². The van der Waals surface area contributed by atoms with Crippen LogP contribution in [-0.2, 0) is 15.9 Å². The summed E-state index contributed by atoms with van der Waals surface area (Å²) in [5, 5.41) is 3.55. The van der Waals surface area contributed by atoms with E-state index < -0.39 is 0 Å². The summed E-state index contributed by atoms with van der Waals surface area (Å²) in [5.41, 5.74) is 4.19. The average molecular weight is 263 g/mol. The van der Waals surface area contributed by atoms with Gasteiger partial charge in [0.2, 0.25) is 0 Å². The SMILES string of the molecule is CCNC(Cc1c(C)cccc1C)CC1OCCO1. The quantitative estimate of drug-likeness (QED) is 0.855. The fourth-order valence-corrected chi connectivity index (χ4v) is 2.72. The van der Waals surface area contributed by atoms with Crippen LogP contribution in [-0.4, -0.2) is 32.1 Å². The second kappa shape index (κ2) is 7.04. The Labute approximate surface area is 116 Å². The van der Waals surface area contributed by atoms with Gasteiger partial charge in [-0.3, -0.25) is 0 Å². The molecule has 1 aliphatic heterocycles. The van der Waals surface area contributed by atoms with E-state index in [1.54, 1.807) is 0 Å². The Hall–Kier alpha value is -0.900. The smallest absolute Gasteiger partial charge is 0.159 e. The molecule has 0 bridgehead atoms. The molecule has 1 aliphatic rings. The van der Waals surface area contributed by atoms with Crippen molar-refractivity contribution in [1.29, 1.82) is 0 Å². The van der Waals surface area contributed by atoms with Crippen molar-refractivity contribution in [2.75, 3.05) is 19.8 Å². The third-order valence-electron chi connectivity index (χ3n) is 3.76. The van der Waals surface area contributed by atoms with Crippen molar-refractivity contribution in [1.82, 2.24) is 5.32 Å². The maximum absolute atomic E-state index is 5.57. The molecule has 1 atom stereocenters. The van der Waals surface area contributed by atoms with Crippen molar-refractivity contribution in [3.63, 3.8) is 0 Å². The molecule has 0 aliphatic carbocycles. The molecule has 1 saturated heterocycles. The predicted molar refractivity (Wildman–Crippen MR) is 77.4 cm³/mol. The monoisotopic (exact) mass is 263 g/mol. The van der Waals surface area contributed by atoms with Gasteiger partial charge in [0.25, 0.3) is 0 Å². The Balaban J connectivity index is 2.02. The van der Waals surface area contributed by atoms with E-state index in [0.717, 1.165) is 32.6 Å². The number of likely N-dealkylation sites (N-methyl/N-ethyl adjacent to an activating group) is 1. The largest absolute Gasteiger partial charge is 0.350 e. The fraction of sp³-hybridized carbons (Fsp3) is 0.625. The summed E-state index contributed by atoms with van der Waals surface area (Å²) in [5.74, 6) is 0. The van der Waals surface area contributed by atoms with Crippen LogP contribution in [0.3, 0.4) is 0 Å². The van der Waals surface area contributed by atoms with E-state index in [1.165, 1.54) is 16.7 Å². The zero-order chi connectivity index (χ0) is 13.7. The second-order valence-electron chi connectivity index (χ2n) is 5.24. The normalized spacial score (nSPS) is 17.8. The maximum Gasteiger partial charge on any atom is 0.159 e. The zero-order valence-corrected chi connectivity index (χ0v) is 12.2. The van der Waals surface area contributed by atoms with Gasteiger partial charge < -0.3 is 14.8 Å². The number of nitrogens with one attached hydrogen (secondary N) is 1. The molecule has 3 nitrogen and oxygen atoms in total. The molecule has 1 aromatic rings. The van der Waals surface area contributed by atoms with Crippen molar-refractivity contribution >= 4 is 0 Å². The number of hydrogen-bond acceptors (Lipinski definition) is 3. The van der Waals surface area contributed by atoms with E-state index in [1.807, 2.05) is 0 Å². The predicted octanol–water partition coefficient (Wildman–Crippen LogP) is 2.59. The Morgan fingerprint density at radius 1 is 1.21 bits per heavy atom. The molecular formula is C16H25NO2. The lowest BCUT2D eigenvalue weighted by Gasteiger charge is -2.22. The molecule has 2 rings (SSSR count). The van der Waals surface area contributed by atoms with Crippen molar-refractivity contribution in [2.45, 2.75) is 45.9 Å². The van der Waals surface area contributed by atoms with Crippen LogP contribution in [0.25, 0.3) is 0 Å². The lowest BCUT2D eigenvalue weighted by atomic mass is 9.95. The molecule has 0 spiro atoms. The minimum absolute atomic E-state index is 0.0339. The van der Waals surface area contributed by atoms with Crippen LogP contribution in [0, 0.1) is 13.8 Å². The molecule has 0 aromatic heterocycles. The van der Waals surface area contributed by atoms with Crippen molar-refractivity contribution < 1.29 is 9.47 Å². The van der Waals surface area contributed by atoms with Crippen LogP contribution in [0.2, 0.25) is 0 Å². The van der Waals surface area contributed by atoms with E-state index in [2.05, 4.69) is 44.3 Å². The fourth-order valence-electron chi connectivity index (χ4n) is 2.72. The van der Waals surface area contributed by atoms with Crippen molar-refractivity contribution in [2.24, 2.45) is 0 Å².